The van der Waals surface area contributed by atoms with Crippen molar-refractivity contribution in [3.63, 3.8) is 0 Å². The van der Waals surface area contributed by atoms with Gasteiger partial charge in [0.25, 0.3) is 0 Å². The van der Waals surface area contributed by atoms with Crippen LogP contribution in [0, 0.1) is 0 Å². The molecule has 0 aromatic heterocycles. The number of hydrogen-bond donors (Lipinski definition) is 2. The predicted molar refractivity (Wildman–Crippen MR) is 56.7 cm³/mol. The fraction of sp³-hybridized carbons (Fsp3) is 0.455. The van der Waals surface area contributed by atoms with E-state index in [1.54, 1.807) is 19.2 Å². The Morgan fingerprint density at radius 3 is 2.79 bits per heavy atom. The molecule has 1 unspecified atom stereocenters. The molecule has 3 N–H and O–H groups in total. The van der Waals surface area contributed by atoms with Gasteiger partial charge < -0.3 is 15.6 Å². The van der Waals surface area contributed by atoms with Crippen molar-refractivity contribution in [2.45, 2.75) is 19.3 Å². The van der Waals surface area contributed by atoms with Gasteiger partial charge in [-0.2, -0.15) is 0 Å². The minimum absolute atomic E-state index is 0.219. The van der Waals surface area contributed by atoms with E-state index < -0.39 is 0 Å². The molecule has 1 aromatic carbocycles. The van der Waals surface area contributed by atoms with Crippen LogP contribution in [0.3, 0.4) is 0 Å². The first-order valence-electron chi connectivity index (χ1n) is 4.76. The first-order valence-corrected chi connectivity index (χ1v) is 4.76. The number of ether oxygens (including phenoxy) is 1. The van der Waals surface area contributed by atoms with Crippen LogP contribution in [0.5, 0.6) is 11.5 Å². The molecule has 3 nitrogen and oxygen atoms in total. The molecule has 0 aliphatic heterocycles. The summed E-state index contributed by atoms with van der Waals surface area (Å²) in [6, 6.07) is 5.29. The Labute approximate surface area is 84.5 Å². The Morgan fingerprint density at radius 1 is 1.50 bits per heavy atom. The first kappa shape index (κ1) is 10.9. The van der Waals surface area contributed by atoms with Gasteiger partial charge in [0.15, 0.2) is 0 Å². The van der Waals surface area contributed by atoms with Crippen molar-refractivity contribution < 1.29 is 9.84 Å². The lowest BCUT2D eigenvalue weighted by atomic mass is 9.96. The summed E-state index contributed by atoms with van der Waals surface area (Å²) in [7, 11) is 1.60. The summed E-state index contributed by atoms with van der Waals surface area (Å²) in [5.41, 5.74) is 6.33. The summed E-state index contributed by atoms with van der Waals surface area (Å²) >= 11 is 0. The van der Waals surface area contributed by atoms with E-state index >= 15 is 0 Å². The van der Waals surface area contributed by atoms with Crippen LogP contribution in [0.2, 0.25) is 0 Å². The Kier molecular flexibility index (Phi) is 3.77. The molecule has 0 aliphatic carbocycles. The van der Waals surface area contributed by atoms with Gasteiger partial charge in [-0.1, -0.05) is 13.0 Å². The number of phenolic OH excluding ortho intramolecular Hbond substituents is 1. The molecule has 1 atom stereocenters. The zero-order chi connectivity index (χ0) is 10.6. The lowest BCUT2D eigenvalue weighted by Crippen LogP contribution is -2.06. The smallest absolute Gasteiger partial charge is 0.126 e. The fourth-order valence-electron chi connectivity index (χ4n) is 1.60. The fourth-order valence-corrected chi connectivity index (χ4v) is 1.60. The van der Waals surface area contributed by atoms with Gasteiger partial charge in [0.1, 0.15) is 11.5 Å². The minimum Gasteiger partial charge on any atom is -0.508 e. The van der Waals surface area contributed by atoms with Crippen LogP contribution in [-0.4, -0.2) is 18.8 Å². The molecule has 1 aromatic rings. The van der Waals surface area contributed by atoms with Gasteiger partial charge in [0.2, 0.25) is 0 Å². The monoisotopic (exact) mass is 195 g/mol. The zero-order valence-electron chi connectivity index (χ0n) is 8.66. The average Bonchev–Trinajstić information content (AvgIpc) is 2.17. The van der Waals surface area contributed by atoms with Crippen molar-refractivity contribution in [2.75, 3.05) is 13.7 Å². The largest absolute Gasteiger partial charge is 0.508 e. The molecule has 0 bridgehead atoms. The van der Waals surface area contributed by atoms with Crippen LogP contribution in [0.15, 0.2) is 18.2 Å². The Balaban J connectivity index is 3.03. The lowest BCUT2D eigenvalue weighted by Gasteiger charge is -2.16. The molecule has 78 valence electrons. The van der Waals surface area contributed by atoms with E-state index in [1.165, 1.54) is 0 Å². The Hall–Kier alpha value is -1.22. The first-order chi connectivity index (χ1) is 6.70. The number of rotatable bonds is 4. The molecule has 0 saturated carbocycles. The normalized spacial score (nSPS) is 12.5. The molecule has 0 heterocycles. The molecule has 0 radical (unpaired) electrons. The Bertz CT molecular complexity index is 299. The number of hydrogen-bond acceptors (Lipinski definition) is 3. The maximum absolute atomic E-state index is 9.70. The van der Waals surface area contributed by atoms with Gasteiger partial charge in [-0.05, 0) is 31.0 Å². The van der Waals surface area contributed by atoms with Crippen molar-refractivity contribution >= 4 is 0 Å². The summed E-state index contributed by atoms with van der Waals surface area (Å²) < 4.78 is 5.19. The molecule has 0 aliphatic rings. The standard InChI is InChI=1S/C11H17NO2/c1-8(6-7-12)11-9(13)4-3-5-10(11)14-2/h3-5,8,13H,6-7,12H2,1-2H3. The SMILES string of the molecule is COc1cccc(O)c1C(C)CCN. The molecule has 0 spiro atoms. The maximum atomic E-state index is 9.70. The topological polar surface area (TPSA) is 55.5 Å². The van der Waals surface area contributed by atoms with E-state index in [0.717, 1.165) is 17.7 Å². The highest BCUT2D eigenvalue weighted by atomic mass is 16.5. The summed E-state index contributed by atoms with van der Waals surface area (Å²) in [6.07, 6.45) is 0.841. The maximum Gasteiger partial charge on any atom is 0.126 e. The van der Waals surface area contributed by atoms with E-state index in [4.69, 9.17) is 10.5 Å². The van der Waals surface area contributed by atoms with E-state index in [2.05, 4.69) is 0 Å². The summed E-state index contributed by atoms with van der Waals surface area (Å²) in [5, 5.41) is 9.70. The summed E-state index contributed by atoms with van der Waals surface area (Å²) in [4.78, 5) is 0. The number of phenols is 1. The second-order valence-electron chi connectivity index (χ2n) is 3.37. The number of methoxy groups -OCH3 is 1. The molecule has 0 fully saturated rings. The highest BCUT2D eigenvalue weighted by Gasteiger charge is 2.14. The van der Waals surface area contributed by atoms with Crippen LogP contribution in [0.25, 0.3) is 0 Å². The van der Waals surface area contributed by atoms with Gasteiger partial charge in [-0.15, -0.1) is 0 Å². The molecule has 14 heavy (non-hydrogen) atoms. The van der Waals surface area contributed by atoms with Crippen LogP contribution >= 0.6 is 0 Å². The molecular formula is C11H17NO2. The molecule has 0 amide bonds. The third-order valence-corrected chi connectivity index (χ3v) is 2.36. The zero-order valence-corrected chi connectivity index (χ0v) is 8.66. The van der Waals surface area contributed by atoms with Crippen molar-refractivity contribution in [1.29, 1.82) is 0 Å². The molecule has 1 rings (SSSR count). The second kappa shape index (κ2) is 4.86. The van der Waals surface area contributed by atoms with E-state index in [9.17, 15) is 5.11 Å². The van der Waals surface area contributed by atoms with Gasteiger partial charge in [0, 0.05) is 5.56 Å². The van der Waals surface area contributed by atoms with Crippen LogP contribution in [-0.2, 0) is 0 Å². The van der Waals surface area contributed by atoms with Crippen molar-refractivity contribution in [3.05, 3.63) is 23.8 Å². The highest BCUT2D eigenvalue weighted by Crippen LogP contribution is 2.35. The lowest BCUT2D eigenvalue weighted by molar-refractivity contribution is 0.393. The van der Waals surface area contributed by atoms with Crippen LogP contribution in [0.1, 0.15) is 24.8 Å². The molecular weight excluding hydrogens is 178 g/mol. The molecule has 0 saturated heterocycles. The predicted octanol–water partition coefficient (Wildman–Crippen LogP) is 1.85. The van der Waals surface area contributed by atoms with Crippen molar-refractivity contribution in [1.82, 2.24) is 0 Å². The van der Waals surface area contributed by atoms with Gasteiger partial charge in [-0.3, -0.25) is 0 Å². The third-order valence-electron chi connectivity index (χ3n) is 2.36. The quantitative estimate of drug-likeness (QED) is 0.771. The Morgan fingerprint density at radius 2 is 2.21 bits per heavy atom. The summed E-state index contributed by atoms with van der Waals surface area (Å²) in [5.74, 6) is 1.23. The van der Waals surface area contributed by atoms with Crippen molar-refractivity contribution in [3.8, 4) is 11.5 Å². The highest BCUT2D eigenvalue weighted by molar-refractivity contribution is 5.46. The number of aromatic hydroxyl groups is 1. The second-order valence-corrected chi connectivity index (χ2v) is 3.37. The summed E-state index contributed by atoms with van der Waals surface area (Å²) in [6.45, 7) is 2.64. The third kappa shape index (κ3) is 2.17. The van der Waals surface area contributed by atoms with Crippen molar-refractivity contribution in [2.24, 2.45) is 5.73 Å². The minimum atomic E-state index is 0.219. The number of benzene rings is 1. The number of nitrogens with two attached hydrogens (primary N) is 1. The van der Waals surface area contributed by atoms with Gasteiger partial charge in [0.05, 0.1) is 7.11 Å². The van der Waals surface area contributed by atoms with E-state index in [0.29, 0.717) is 6.54 Å². The van der Waals surface area contributed by atoms with Crippen LogP contribution in [0.4, 0.5) is 0 Å². The van der Waals surface area contributed by atoms with Crippen LogP contribution < -0.4 is 10.5 Å². The van der Waals surface area contributed by atoms with Gasteiger partial charge >= 0.3 is 0 Å². The van der Waals surface area contributed by atoms with Gasteiger partial charge in [-0.25, -0.2) is 0 Å². The van der Waals surface area contributed by atoms with E-state index in [1.807, 2.05) is 13.0 Å². The van der Waals surface area contributed by atoms with E-state index in [-0.39, 0.29) is 11.7 Å². The molecule has 3 heteroatoms. The average molecular weight is 195 g/mol.